The van der Waals surface area contributed by atoms with E-state index in [1.54, 1.807) is 30.3 Å². The Hall–Kier alpha value is -3.08. The summed E-state index contributed by atoms with van der Waals surface area (Å²) in [7, 11) is 0. The van der Waals surface area contributed by atoms with Gasteiger partial charge >= 0.3 is 0 Å². The maximum atomic E-state index is 10.3. The van der Waals surface area contributed by atoms with Crippen molar-refractivity contribution < 1.29 is 9.59 Å². The number of anilines is 3. The van der Waals surface area contributed by atoms with Gasteiger partial charge in [-0.15, -0.1) is 0 Å². The molecule has 330 valence electrons. The first kappa shape index (κ1) is 48.6. The van der Waals surface area contributed by atoms with Crippen molar-refractivity contribution in [1.82, 2.24) is 0 Å². The van der Waals surface area contributed by atoms with Crippen LogP contribution in [-0.2, 0) is 0 Å². The van der Waals surface area contributed by atoms with Crippen molar-refractivity contribution >= 4 is 29.6 Å². The molecule has 7 rings (SSSR count). The van der Waals surface area contributed by atoms with E-state index in [0.29, 0.717) is 50.7 Å². The number of rotatable bonds is 8. The minimum absolute atomic E-state index is 0.426. The number of benzene rings is 2. The monoisotopic (exact) mass is 810 g/mol. The van der Waals surface area contributed by atoms with Crippen molar-refractivity contribution in [3.05, 3.63) is 64.7 Å². The van der Waals surface area contributed by atoms with Gasteiger partial charge in [0.2, 0.25) is 0 Å². The predicted molar refractivity (Wildman–Crippen MR) is 254 cm³/mol. The van der Waals surface area contributed by atoms with Crippen LogP contribution >= 0.6 is 0 Å². The molecule has 5 aliphatic rings. The minimum atomic E-state index is 0.426. The third-order valence-corrected chi connectivity index (χ3v) is 17.1. The molecule has 2 aromatic carbocycles. The lowest BCUT2D eigenvalue weighted by atomic mass is 9.46. The van der Waals surface area contributed by atoms with Gasteiger partial charge in [-0.25, -0.2) is 0 Å². The molecule has 5 nitrogen and oxygen atoms in total. The molecule has 6 N–H and O–H groups in total. The fourth-order valence-electron chi connectivity index (χ4n) is 12.7. The molecule has 0 saturated heterocycles. The first-order valence-electron chi connectivity index (χ1n) is 23.9. The standard InChI is InChI=1S/C28H48.C11H22.C8H9NO.C7H8N2O/c1-19(2)8-7-9-21(4)24-12-13-25-23-11-10-22-18-20(3)14-16-27(22,5)26(23)15-17-28(24,25)6;1-5-11(4)7-6-9(2)8-10(11)3;1-6-2-3-7(5-10)8(9)4-6;8-6-2-1-5(4-10)7(9)3-6/h10,19-21,23-26H,7-9,11-18H2,1-6H3;9-10H,5-8H2,1-4H3;2-5H,9H2,1H3;1-4H,8-9H2. The van der Waals surface area contributed by atoms with E-state index in [1.807, 2.05) is 18.6 Å². The van der Waals surface area contributed by atoms with Crippen molar-refractivity contribution in [3.63, 3.8) is 0 Å². The number of hydrogen-bond acceptors (Lipinski definition) is 5. The van der Waals surface area contributed by atoms with Gasteiger partial charge in [-0.2, -0.15) is 0 Å². The van der Waals surface area contributed by atoms with Crippen LogP contribution in [0.1, 0.15) is 192 Å². The van der Waals surface area contributed by atoms with E-state index in [4.69, 9.17) is 17.2 Å². The van der Waals surface area contributed by atoms with Gasteiger partial charge in [0.1, 0.15) is 0 Å². The summed E-state index contributed by atoms with van der Waals surface area (Å²) in [6.45, 7) is 26.8. The van der Waals surface area contributed by atoms with Crippen LogP contribution in [0.4, 0.5) is 17.1 Å². The second kappa shape index (κ2) is 21.1. The number of aryl methyl sites for hydroxylation is 1. The number of nitrogens with two attached hydrogens (primary N) is 3. The van der Waals surface area contributed by atoms with Gasteiger partial charge in [0.25, 0.3) is 0 Å². The number of carbonyl (C=O) groups excluding carboxylic acids is 2. The molecule has 0 bridgehead atoms. The van der Waals surface area contributed by atoms with E-state index in [9.17, 15) is 9.59 Å². The molecule has 0 heterocycles. The molecule has 5 aliphatic carbocycles. The summed E-state index contributed by atoms with van der Waals surface area (Å²) >= 11 is 0. The van der Waals surface area contributed by atoms with E-state index in [-0.39, 0.29) is 0 Å². The molecule has 5 heteroatoms. The van der Waals surface area contributed by atoms with E-state index in [0.717, 1.165) is 65.1 Å². The Labute approximate surface area is 361 Å². The third-order valence-electron chi connectivity index (χ3n) is 17.1. The number of allylic oxidation sites excluding steroid dienone is 2. The van der Waals surface area contributed by atoms with E-state index >= 15 is 0 Å². The van der Waals surface area contributed by atoms with Gasteiger partial charge in [-0.3, -0.25) is 9.59 Å². The molecular weight excluding hydrogens is 723 g/mol. The molecule has 0 aromatic heterocycles. The first-order valence-corrected chi connectivity index (χ1v) is 23.9. The molecule has 59 heavy (non-hydrogen) atoms. The van der Waals surface area contributed by atoms with Crippen LogP contribution in [0.2, 0.25) is 0 Å². The number of aldehydes is 2. The summed E-state index contributed by atoms with van der Waals surface area (Å²) in [6, 6.07) is 10.2. The summed E-state index contributed by atoms with van der Waals surface area (Å²) < 4.78 is 0. The maximum Gasteiger partial charge on any atom is 0.152 e. The van der Waals surface area contributed by atoms with Crippen molar-refractivity contribution in [2.45, 2.75) is 172 Å². The molecule has 0 spiro atoms. The number of carbonyl (C=O) groups is 2. The highest BCUT2D eigenvalue weighted by molar-refractivity contribution is 5.84. The van der Waals surface area contributed by atoms with Gasteiger partial charge in [0.15, 0.2) is 12.6 Å². The Morgan fingerprint density at radius 3 is 2.00 bits per heavy atom. The Kier molecular flexibility index (Phi) is 17.4. The van der Waals surface area contributed by atoms with E-state index < -0.39 is 0 Å². The van der Waals surface area contributed by atoms with E-state index in [2.05, 4.69) is 75.3 Å². The van der Waals surface area contributed by atoms with Crippen LogP contribution < -0.4 is 17.2 Å². The Bertz CT molecular complexity index is 1640. The summed E-state index contributed by atoms with van der Waals surface area (Å²) in [6.07, 6.45) is 26.1. The lowest BCUT2D eigenvalue weighted by Crippen LogP contribution is -2.50. The SMILES string of the molecule is CC(C)CCCC(C)C1CCC2C3CC=C4CC(C)CCC4(C)C3CCC12C.CCC1(C)CCC(C)CC1C.Cc1ccc(C=O)c(N)c1.Nc1ccc(C=O)c(N)c1. The van der Waals surface area contributed by atoms with Crippen LogP contribution in [0.5, 0.6) is 0 Å². The summed E-state index contributed by atoms with van der Waals surface area (Å²) in [5.41, 5.74) is 23.7. The fourth-order valence-corrected chi connectivity index (χ4v) is 12.7. The van der Waals surface area contributed by atoms with Crippen molar-refractivity contribution in [2.75, 3.05) is 17.2 Å². The average molecular weight is 810 g/mol. The first-order chi connectivity index (χ1) is 27.8. The zero-order valence-electron chi connectivity index (χ0n) is 39.5. The van der Waals surface area contributed by atoms with Crippen LogP contribution in [0.3, 0.4) is 0 Å². The Morgan fingerprint density at radius 2 is 1.41 bits per heavy atom. The van der Waals surface area contributed by atoms with Crippen molar-refractivity contribution in [3.8, 4) is 0 Å². The lowest BCUT2D eigenvalue weighted by molar-refractivity contribution is -0.0523. The van der Waals surface area contributed by atoms with Crippen LogP contribution in [-0.4, -0.2) is 12.6 Å². The third kappa shape index (κ3) is 11.9. The number of fused-ring (bicyclic) bond motifs is 5. The summed E-state index contributed by atoms with van der Waals surface area (Å²) in [5.74, 6) is 8.64. The van der Waals surface area contributed by atoms with Crippen LogP contribution in [0.15, 0.2) is 48.0 Å². The van der Waals surface area contributed by atoms with Gasteiger partial charge in [0, 0.05) is 28.2 Å². The quantitative estimate of drug-likeness (QED) is 0.140. The molecule has 4 fully saturated rings. The Balaban J connectivity index is 0.000000203. The van der Waals surface area contributed by atoms with Crippen molar-refractivity contribution in [1.29, 1.82) is 0 Å². The predicted octanol–water partition coefficient (Wildman–Crippen LogP) is 14.6. The van der Waals surface area contributed by atoms with E-state index in [1.165, 1.54) is 96.3 Å². The highest BCUT2D eigenvalue weighted by Crippen LogP contribution is 2.67. The van der Waals surface area contributed by atoms with Crippen LogP contribution in [0, 0.1) is 76.4 Å². The number of nitrogen functional groups attached to an aromatic ring is 3. The average Bonchev–Trinajstić information content (AvgIpc) is 3.55. The molecule has 11 unspecified atom stereocenters. The smallest absolute Gasteiger partial charge is 0.152 e. The zero-order chi connectivity index (χ0) is 43.7. The molecule has 0 aliphatic heterocycles. The highest BCUT2D eigenvalue weighted by atomic mass is 16.1. The molecule has 11 atom stereocenters. The lowest BCUT2D eigenvalue weighted by Gasteiger charge is -2.58. The topological polar surface area (TPSA) is 112 Å². The highest BCUT2D eigenvalue weighted by Gasteiger charge is 2.59. The normalized spacial score (nSPS) is 33.8. The van der Waals surface area contributed by atoms with Crippen molar-refractivity contribution in [2.24, 2.45) is 69.5 Å². The second-order valence-electron chi connectivity index (χ2n) is 21.7. The molecule has 0 amide bonds. The number of hydrogen-bond donors (Lipinski definition) is 3. The molecule has 4 saturated carbocycles. The summed E-state index contributed by atoms with van der Waals surface area (Å²) in [4.78, 5) is 20.5. The second-order valence-corrected chi connectivity index (χ2v) is 21.7. The van der Waals surface area contributed by atoms with Gasteiger partial charge < -0.3 is 17.2 Å². The Morgan fingerprint density at radius 1 is 0.763 bits per heavy atom. The molecular formula is C54H87N3O2. The minimum Gasteiger partial charge on any atom is -0.399 e. The largest absolute Gasteiger partial charge is 0.399 e. The van der Waals surface area contributed by atoms with Gasteiger partial charge in [0.05, 0.1) is 0 Å². The van der Waals surface area contributed by atoms with Crippen LogP contribution in [0.25, 0.3) is 0 Å². The van der Waals surface area contributed by atoms with Gasteiger partial charge in [-0.05, 0) is 177 Å². The molecule has 0 radical (unpaired) electrons. The summed E-state index contributed by atoms with van der Waals surface area (Å²) in [5, 5.41) is 0. The van der Waals surface area contributed by atoms with Gasteiger partial charge in [-0.1, -0.05) is 119 Å². The zero-order valence-corrected chi connectivity index (χ0v) is 39.5. The molecule has 2 aromatic rings. The fraction of sp³-hybridized carbons (Fsp3) is 0.704. The maximum absolute atomic E-state index is 10.3.